The maximum Gasteiger partial charge on any atom is 0.310 e. The number of esters is 1. The Labute approximate surface area is 124 Å². The number of nitrogens with zero attached hydrogens (tertiary/aromatic N) is 2. The van der Waals surface area contributed by atoms with Crippen LogP contribution in [0.5, 0.6) is 0 Å². The van der Waals surface area contributed by atoms with Gasteiger partial charge in [-0.05, 0) is 18.4 Å². The van der Waals surface area contributed by atoms with Crippen LogP contribution in [0.25, 0.3) is 10.8 Å². The van der Waals surface area contributed by atoms with Crippen LogP contribution in [-0.4, -0.2) is 22.4 Å². The van der Waals surface area contributed by atoms with Crippen molar-refractivity contribution in [3.63, 3.8) is 0 Å². The van der Waals surface area contributed by atoms with Gasteiger partial charge in [0.05, 0.1) is 34.3 Å². The van der Waals surface area contributed by atoms with Gasteiger partial charge in [0.15, 0.2) is 0 Å². The first-order valence-corrected chi connectivity index (χ1v) is 6.44. The summed E-state index contributed by atoms with van der Waals surface area (Å²) in [7, 11) is 0. The zero-order valence-electron chi connectivity index (χ0n) is 11.6. The highest BCUT2D eigenvalue weighted by Gasteiger charge is 2.26. The summed E-state index contributed by atoms with van der Waals surface area (Å²) in [5.41, 5.74) is -0.710. The van der Waals surface area contributed by atoms with Crippen molar-refractivity contribution in [2.75, 3.05) is 6.61 Å². The van der Waals surface area contributed by atoms with Crippen molar-refractivity contribution in [2.24, 2.45) is 0 Å². The minimum atomic E-state index is -0.728. The average Bonchev–Trinajstić information content (AvgIpc) is 2.47. The predicted molar refractivity (Wildman–Crippen MR) is 77.6 cm³/mol. The van der Waals surface area contributed by atoms with Crippen LogP contribution >= 0.6 is 0 Å². The van der Waals surface area contributed by atoms with Crippen LogP contribution in [0.4, 0.5) is 11.4 Å². The molecule has 0 atom stereocenters. The van der Waals surface area contributed by atoms with E-state index in [4.69, 9.17) is 4.74 Å². The molecule has 2 aromatic rings. The number of hydrogen-bond acceptors (Lipinski definition) is 6. The lowest BCUT2D eigenvalue weighted by Crippen LogP contribution is -2.10. The Balaban J connectivity index is 2.74. The molecule has 0 aromatic heterocycles. The van der Waals surface area contributed by atoms with Gasteiger partial charge >= 0.3 is 5.97 Å². The summed E-state index contributed by atoms with van der Waals surface area (Å²) in [6.45, 7) is 1.78. The monoisotopic (exact) mass is 304 g/mol. The molecule has 22 heavy (non-hydrogen) atoms. The van der Waals surface area contributed by atoms with Crippen LogP contribution in [0.1, 0.15) is 12.5 Å². The highest BCUT2D eigenvalue weighted by atomic mass is 16.6. The third-order valence-corrected chi connectivity index (χ3v) is 3.13. The molecule has 0 saturated heterocycles. The van der Waals surface area contributed by atoms with Crippen molar-refractivity contribution >= 4 is 28.1 Å². The maximum atomic E-state index is 11.7. The van der Waals surface area contributed by atoms with Gasteiger partial charge in [0.2, 0.25) is 0 Å². The molecule has 0 saturated carbocycles. The third-order valence-electron chi connectivity index (χ3n) is 3.13. The number of nitro benzene ring substituents is 2. The average molecular weight is 304 g/mol. The third kappa shape index (κ3) is 2.85. The van der Waals surface area contributed by atoms with Crippen molar-refractivity contribution < 1.29 is 19.4 Å². The fourth-order valence-corrected chi connectivity index (χ4v) is 2.26. The van der Waals surface area contributed by atoms with Gasteiger partial charge in [-0.2, -0.15) is 0 Å². The van der Waals surface area contributed by atoms with E-state index in [1.807, 2.05) is 0 Å². The van der Waals surface area contributed by atoms with Crippen LogP contribution in [0, 0.1) is 20.2 Å². The molecule has 8 nitrogen and oxygen atoms in total. The number of carbonyl (C=O) groups excluding carboxylic acids is 1. The summed E-state index contributed by atoms with van der Waals surface area (Å²) in [5, 5.41) is 22.9. The Morgan fingerprint density at radius 3 is 2.23 bits per heavy atom. The van der Waals surface area contributed by atoms with Crippen molar-refractivity contribution in [1.82, 2.24) is 0 Å². The Bertz CT molecular complexity index is 771. The number of benzene rings is 2. The summed E-state index contributed by atoms with van der Waals surface area (Å²) in [6, 6.07) is 7.09. The van der Waals surface area contributed by atoms with Crippen molar-refractivity contribution in [3.05, 3.63) is 56.1 Å². The van der Waals surface area contributed by atoms with E-state index >= 15 is 0 Å². The molecule has 0 aliphatic heterocycles. The number of rotatable bonds is 5. The van der Waals surface area contributed by atoms with Gasteiger partial charge in [-0.25, -0.2) is 0 Å². The highest BCUT2D eigenvalue weighted by Crippen LogP contribution is 2.35. The van der Waals surface area contributed by atoms with Crippen LogP contribution in [-0.2, 0) is 16.0 Å². The fraction of sp³-hybridized carbons (Fsp3) is 0.214. The predicted octanol–water partition coefficient (Wildman–Crippen LogP) is 2.76. The number of nitro groups is 2. The molecule has 0 heterocycles. The maximum absolute atomic E-state index is 11.7. The van der Waals surface area contributed by atoms with E-state index < -0.39 is 21.5 Å². The second kappa shape index (κ2) is 6.17. The molecule has 0 fully saturated rings. The van der Waals surface area contributed by atoms with E-state index in [0.29, 0.717) is 5.39 Å². The lowest BCUT2D eigenvalue weighted by Gasteiger charge is -2.08. The van der Waals surface area contributed by atoms with E-state index in [2.05, 4.69) is 0 Å². The fourth-order valence-electron chi connectivity index (χ4n) is 2.26. The minimum Gasteiger partial charge on any atom is -0.466 e. The molecule has 114 valence electrons. The van der Waals surface area contributed by atoms with Gasteiger partial charge < -0.3 is 4.74 Å². The van der Waals surface area contributed by atoms with Crippen LogP contribution in [0.15, 0.2) is 30.3 Å². The molecule has 0 aliphatic rings. The molecular weight excluding hydrogens is 292 g/mol. The first-order chi connectivity index (χ1) is 10.5. The molecule has 0 unspecified atom stereocenters. The molecule has 0 radical (unpaired) electrons. The second-order valence-corrected chi connectivity index (χ2v) is 4.43. The molecule has 0 amide bonds. The minimum absolute atomic E-state index is 0.115. The summed E-state index contributed by atoms with van der Waals surface area (Å²) in [6.07, 6.45) is -0.317. The van der Waals surface area contributed by atoms with Gasteiger partial charge in [0.25, 0.3) is 11.4 Å². The first kappa shape index (κ1) is 15.4. The number of hydrogen-bond donors (Lipinski definition) is 0. The smallest absolute Gasteiger partial charge is 0.310 e. The lowest BCUT2D eigenvalue weighted by molar-refractivity contribution is -0.393. The summed E-state index contributed by atoms with van der Waals surface area (Å²) in [4.78, 5) is 32.6. The van der Waals surface area contributed by atoms with E-state index in [-0.39, 0.29) is 29.7 Å². The molecule has 0 aliphatic carbocycles. The molecule has 0 bridgehead atoms. The van der Waals surface area contributed by atoms with E-state index in [1.165, 1.54) is 12.1 Å². The summed E-state index contributed by atoms with van der Waals surface area (Å²) in [5.74, 6) is -0.621. The Hall–Kier alpha value is -3.03. The number of ether oxygens (including phenoxy) is 1. The van der Waals surface area contributed by atoms with E-state index in [0.717, 1.165) is 6.07 Å². The van der Waals surface area contributed by atoms with Gasteiger partial charge in [-0.3, -0.25) is 25.0 Å². The quantitative estimate of drug-likeness (QED) is 0.477. The summed E-state index contributed by atoms with van der Waals surface area (Å²) < 4.78 is 4.81. The van der Waals surface area contributed by atoms with E-state index in [9.17, 15) is 25.0 Å². The number of carbonyl (C=O) groups is 1. The van der Waals surface area contributed by atoms with Gasteiger partial charge in [-0.1, -0.05) is 18.2 Å². The number of non-ortho nitro benzene ring substituents is 1. The topological polar surface area (TPSA) is 113 Å². The van der Waals surface area contributed by atoms with Crippen molar-refractivity contribution in [2.45, 2.75) is 13.3 Å². The molecule has 8 heteroatoms. The van der Waals surface area contributed by atoms with Crippen molar-refractivity contribution in [1.29, 1.82) is 0 Å². The summed E-state index contributed by atoms with van der Waals surface area (Å²) >= 11 is 0. The zero-order valence-corrected chi connectivity index (χ0v) is 11.6. The van der Waals surface area contributed by atoms with Gasteiger partial charge in [0.1, 0.15) is 0 Å². The van der Waals surface area contributed by atoms with Crippen LogP contribution in [0.2, 0.25) is 0 Å². The van der Waals surface area contributed by atoms with E-state index in [1.54, 1.807) is 19.1 Å². The lowest BCUT2D eigenvalue weighted by atomic mass is 9.98. The number of fused-ring (bicyclic) bond motifs is 1. The highest BCUT2D eigenvalue weighted by molar-refractivity contribution is 5.98. The Morgan fingerprint density at radius 2 is 1.68 bits per heavy atom. The van der Waals surface area contributed by atoms with Crippen LogP contribution in [0.3, 0.4) is 0 Å². The first-order valence-electron chi connectivity index (χ1n) is 6.44. The molecular formula is C14H12N2O6. The Kier molecular flexibility index (Phi) is 4.31. The van der Waals surface area contributed by atoms with Crippen molar-refractivity contribution in [3.8, 4) is 0 Å². The normalized spacial score (nSPS) is 10.4. The standard InChI is InChI=1S/C14H12N2O6/c1-2-22-14(17)7-11-9-5-3-4-6-10(9)12(15(18)19)8-13(11)16(20)21/h3-6,8H,2,7H2,1H3. The zero-order chi connectivity index (χ0) is 16.3. The SMILES string of the molecule is CCOC(=O)Cc1c([N+](=O)[O-])cc([N+](=O)[O-])c2ccccc12. The molecule has 0 spiro atoms. The molecule has 0 N–H and O–H groups in total. The van der Waals surface area contributed by atoms with Crippen LogP contribution < -0.4 is 0 Å². The Morgan fingerprint density at radius 1 is 1.09 bits per heavy atom. The largest absolute Gasteiger partial charge is 0.466 e. The van der Waals surface area contributed by atoms with Gasteiger partial charge in [-0.15, -0.1) is 0 Å². The second-order valence-electron chi connectivity index (χ2n) is 4.43. The van der Waals surface area contributed by atoms with Gasteiger partial charge in [0, 0.05) is 5.56 Å². The molecule has 2 aromatic carbocycles. The molecule has 2 rings (SSSR count).